The minimum Gasteiger partial charge on any atom is -0.375 e. The predicted molar refractivity (Wildman–Crippen MR) is 109 cm³/mol. The van der Waals surface area contributed by atoms with Crippen molar-refractivity contribution in [2.24, 2.45) is 7.05 Å². The lowest BCUT2D eigenvalue weighted by Crippen LogP contribution is -2.18. The van der Waals surface area contributed by atoms with E-state index in [4.69, 9.17) is 0 Å². The molecule has 140 valence electrons. The predicted octanol–water partition coefficient (Wildman–Crippen LogP) is 3.97. The Morgan fingerprint density at radius 1 is 1.15 bits per heavy atom. The average Bonchev–Trinajstić information content (AvgIpc) is 3.12. The van der Waals surface area contributed by atoms with E-state index >= 15 is 0 Å². The van der Waals surface area contributed by atoms with Gasteiger partial charge < -0.3 is 14.8 Å². The van der Waals surface area contributed by atoms with Crippen LogP contribution in [0.4, 0.5) is 11.4 Å². The molecule has 1 aromatic heterocycles. The summed E-state index contributed by atoms with van der Waals surface area (Å²) in [5, 5.41) is 11.0. The molecule has 0 unspecified atom stereocenters. The van der Waals surface area contributed by atoms with Crippen molar-refractivity contribution in [3.63, 3.8) is 0 Å². The molecule has 0 aliphatic rings. The van der Waals surface area contributed by atoms with Crippen molar-refractivity contribution in [2.45, 2.75) is 19.8 Å². The molecule has 27 heavy (non-hydrogen) atoms. The number of amides is 1. The highest BCUT2D eigenvalue weighted by Crippen LogP contribution is 2.26. The summed E-state index contributed by atoms with van der Waals surface area (Å²) in [4.78, 5) is 14.9. The summed E-state index contributed by atoms with van der Waals surface area (Å²) < 4.78 is 1.83. The zero-order chi connectivity index (χ0) is 19.2. The van der Waals surface area contributed by atoms with E-state index in [0.29, 0.717) is 17.1 Å². The van der Waals surface area contributed by atoms with Gasteiger partial charge in [-0.3, -0.25) is 4.79 Å². The van der Waals surface area contributed by atoms with Gasteiger partial charge >= 0.3 is 0 Å². The molecule has 3 aromatic rings. The molecule has 6 heteroatoms. The minimum absolute atomic E-state index is 0.146. The van der Waals surface area contributed by atoms with Crippen LogP contribution in [0.15, 0.2) is 54.9 Å². The normalized spacial score (nSPS) is 10.6. The summed E-state index contributed by atoms with van der Waals surface area (Å²) in [6.45, 7) is 3.19. The van der Waals surface area contributed by atoms with E-state index in [1.54, 1.807) is 6.33 Å². The van der Waals surface area contributed by atoms with Gasteiger partial charge in [0.25, 0.3) is 5.91 Å². The number of aryl methyl sites for hydroxylation is 1. The number of unbranched alkanes of at least 4 members (excludes halogenated alkanes) is 1. The average molecular weight is 363 g/mol. The summed E-state index contributed by atoms with van der Waals surface area (Å²) in [6.07, 6.45) is 3.95. The summed E-state index contributed by atoms with van der Waals surface area (Å²) in [5.74, 6) is 0.561. The lowest BCUT2D eigenvalue weighted by Gasteiger charge is -2.19. The first-order chi connectivity index (χ1) is 13.1. The SMILES string of the molecule is CCCCN(C)c1ccc(C(=O)Nc2ccccc2-c2nncn2C)cc1. The number of hydrogen-bond donors (Lipinski definition) is 1. The third kappa shape index (κ3) is 4.34. The highest BCUT2D eigenvalue weighted by Gasteiger charge is 2.13. The molecule has 0 atom stereocenters. The van der Waals surface area contributed by atoms with E-state index in [9.17, 15) is 4.79 Å². The van der Waals surface area contributed by atoms with Gasteiger partial charge in [0.2, 0.25) is 0 Å². The summed E-state index contributed by atoms with van der Waals surface area (Å²) >= 11 is 0. The van der Waals surface area contributed by atoms with E-state index in [0.717, 1.165) is 30.6 Å². The standard InChI is InChI=1S/C21H25N5O/c1-4-5-14-25(2)17-12-10-16(11-13-17)21(27)23-19-9-7-6-8-18(19)20-24-22-15-26(20)3/h6-13,15H,4-5,14H2,1-3H3,(H,23,27). The number of nitrogens with zero attached hydrogens (tertiary/aromatic N) is 4. The second-order valence-corrected chi connectivity index (χ2v) is 6.59. The van der Waals surface area contributed by atoms with Crippen LogP contribution in [-0.4, -0.2) is 34.3 Å². The fraction of sp³-hybridized carbons (Fsp3) is 0.286. The minimum atomic E-state index is -0.146. The van der Waals surface area contributed by atoms with E-state index in [1.165, 1.54) is 0 Å². The Bertz CT molecular complexity index is 901. The highest BCUT2D eigenvalue weighted by atomic mass is 16.1. The maximum absolute atomic E-state index is 12.7. The van der Waals surface area contributed by atoms with Crippen molar-refractivity contribution in [2.75, 3.05) is 23.8 Å². The van der Waals surface area contributed by atoms with Gasteiger partial charge in [0.05, 0.1) is 5.69 Å². The molecule has 0 aliphatic carbocycles. The molecule has 2 aromatic carbocycles. The molecule has 1 amide bonds. The molecule has 0 bridgehead atoms. The Morgan fingerprint density at radius 2 is 1.89 bits per heavy atom. The van der Waals surface area contributed by atoms with Gasteiger partial charge in [-0.25, -0.2) is 0 Å². The second-order valence-electron chi connectivity index (χ2n) is 6.59. The van der Waals surface area contributed by atoms with Crippen LogP contribution < -0.4 is 10.2 Å². The van der Waals surface area contributed by atoms with Crippen LogP contribution in [-0.2, 0) is 7.05 Å². The molecule has 0 saturated heterocycles. The van der Waals surface area contributed by atoms with Crippen LogP contribution >= 0.6 is 0 Å². The zero-order valence-electron chi connectivity index (χ0n) is 16.0. The van der Waals surface area contributed by atoms with Gasteiger partial charge in [-0.2, -0.15) is 0 Å². The van der Waals surface area contributed by atoms with Crippen molar-refractivity contribution in [3.05, 3.63) is 60.4 Å². The Kier molecular flexibility index (Phi) is 5.86. The molecule has 0 aliphatic heterocycles. The maximum Gasteiger partial charge on any atom is 0.255 e. The maximum atomic E-state index is 12.7. The number of carbonyl (C=O) groups excluding carboxylic acids is 1. The van der Waals surface area contributed by atoms with Crippen molar-refractivity contribution < 1.29 is 4.79 Å². The third-order valence-corrected chi connectivity index (χ3v) is 4.54. The van der Waals surface area contributed by atoms with Gasteiger partial charge in [-0.05, 0) is 42.8 Å². The number of carbonyl (C=O) groups is 1. The largest absolute Gasteiger partial charge is 0.375 e. The van der Waals surface area contributed by atoms with Gasteiger partial charge in [0, 0.05) is 37.5 Å². The molecule has 3 rings (SSSR count). The first-order valence-electron chi connectivity index (χ1n) is 9.16. The lowest BCUT2D eigenvalue weighted by molar-refractivity contribution is 0.102. The molecule has 0 saturated carbocycles. The number of rotatable bonds is 7. The second kappa shape index (κ2) is 8.49. The van der Waals surface area contributed by atoms with Crippen LogP contribution in [0.25, 0.3) is 11.4 Å². The fourth-order valence-electron chi connectivity index (χ4n) is 2.90. The quantitative estimate of drug-likeness (QED) is 0.690. The molecular weight excluding hydrogens is 338 g/mol. The van der Waals surface area contributed by atoms with Crippen LogP contribution in [0.5, 0.6) is 0 Å². The zero-order valence-corrected chi connectivity index (χ0v) is 16.0. The van der Waals surface area contributed by atoms with E-state index in [-0.39, 0.29) is 5.91 Å². The van der Waals surface area contributed by atoms with Crippen molar-refractivity contribution >= 4 is 17.3 Å². The Morgan fingerprint density at radius 3 is 2.56 bits per heavy atom. The number of benzene rings is 2. The number of hydrogen-bond acceptors (Lipinski definition) is 4. The summed E-state index contributed by atoms with van der Waals surface area (Å²) in [5.41, 5.74) is 3.28. The molecule has 1 N–H and O–H groups in total. The summed E-state index contributed by atoms with van der Waals surface area (Å²) in [6, 6.07) is 15.3. The first-order valence-corrected chi connectivity index (χ1v) is 9.16. The molecular formula is C21H25N5O. The number of para-hydroxylation sites is 1. The van der Waals surface area contributed by atoms with Gasteiger partial charge in [-0.15, -0.1) is 10.2 Å². The number of aromatic nitrogens is 3. The van der Waals surface area contributed by atoms with Crippen LogP contribution in [0, 0.1) is 0 Å². The highest BCUT2D eigenvalue weighted by molar-refractivity contribution is 6.06. The molecule has 0 fully saturated rings. The van der Waals surface area contributed by atoms with Crippen LogP contribution in [0.3, 0.4) is 0 Å². The van der Waals surface area contributed by atoms with Crippen molar-refractivity contribution in [1.29, 1.82) is 0 Å². The number of nitrogens with one attached hydrogen (secondary N) is 1. The van der Waals surface area contributed by atoms with Gasteiger partial charge in [0.1, 0.15) is 6.33 Å². The molecule has 0 spiro atoms. The van der Waals surface area contributed by atoms with Crippen molar-refractivity contribution in [3.8, 4) is 11.4 Å². The van der Waals surface area contributed by atoms with Crippen molar-refractivity contribution in [1.82, 2.24) is 14.8 Å². The summed E-state index contributed by atoms with van der Waals surface area (Å²) in [7, 11) is 3.95. The Hall–Kier alpha value is -3.15. The molecule has 0 radical (unpaired) electrons. The smallest absolute Gasteiger partial charge is 0.255 e. The third-order valence-electron chi connectivity index (χ3n) is 4.54. The fourth-order valence-corrected chi connectivity index (χ4v) is 2.90. The molecule has 1 heterocycles. The van der Waals surface area contributed by atoms with Gasteiger partial charge in [0.15, 0.2) is 5.82 Å². The topological polar surface area (TPSA) is 63.1 Å². The van der Waals surface area contributed by atoms with Crippen LogP contribution in [0.1, 0.15) is 30.1 Å². The van der Waals surface area contributed by atoms with Crippen LogP contribution in [0.2, 0.25) is 0 Å². The van der Waals surface area contributed by atoms with E-state index < -0.39 is 0 Å². The molecule has 6 nitrogen and oxygen atoms in total. The Balaban J connectivity index is 1.76. The van der Waals surface area contributed by atoms with E-state index in [1.807, 2.05) is 60.1 Å². The lowest BCUT2D eigenvalue weighted by atomic mass is 10.1. The Labute approximate surface area is 159 Å². The monoisotopic (exact) mass is 363 g/mol. The van der Waals surface area contributed by atoms with E-state index in [2.05, 4.69) is 34.4 Å². The number of anilines is 2. The first kappa shape index (κ1) is 18.6. The van der Waals surface area contributed by atoms with Gasteiger partial charge in [-0.1, -0.05) is 25.5 Å².